The number of hydrogen-bond acceptors (Lipinski definition) is 4. The van der Waals surface area contributed by atoms with Crippen molar-refractivity contribution in [3.05, 3.63) is 76.1 Å². The molecule has 0 saturated carbocycles. The molecule has 0 spiro atoms. The van der Waals surface area contributed by atoms with Crippen LogP contribution in [0.3, 0.4) is 0 Å². The van der Waals surface area contributed by atoms with Crippen LogP contribution in [0.15, 0.2) is 66.0 Å². The SMILES string of the molecule is O=C(COc1ccc2ccccc2c1)Nc1nc(-c2ccc(Cl)cc2Cl)cs1. The highest BCUT2D eigenvalue weighted by molar-refractivity contribution is 7.14. The molecule has 1 heterocycles. The van der Waals surface area contributed by atoms with Crippen LogP contribution < -0.4 is 10.1 Å². The highest BCUT2D eigenvalue weighted by Crippen LogP contribution is 2.32. The Morgan fingerprint density at radius 2 is 1.86 bits per heavy atom. The monoisotopic (exact) mass is 428 g/mol. The Kier molecular flexibility index (Phi) is 5.48. The van der Waals surface area contributed by atoms with Gasteiger partial charge in [-0.15, -0.1) is 11.3 Å². The standard InChI is InChI=1S/C21H14Cl2N2O2S/c22-15-6-8-17(18(23)10-15)19-12-28-21(24-19)25-20(26)11-27-16-7-5-13-3-1-2-4-14(13)9-16/h1-10,12H,11H2,(H,24,25,26). The number of carbonyl (C=O) groups is 1. The highest BCUT2D eigenvalue weighted by Gasteiger charge is 2.11. The lowest BCUT2D eigenvalue weighted by Crippen LogP contribution is -2.20. The third kappa shape index (κ3) is 4.28. The molecule has 140 valence electrons. The molecular weight excluding hydrogens is 415 g/mol. The topological polar surface area (TPSA) is 51.2 Å². The molecule has 4 aromatic rings. The quantitative estimate of drug-likeness (QED) is 0.406. The van der Waals surface area contributed by atoms with Crippen LogP contribution in [-0.2, 0) is 4.79 Å². The van der Waals surface area contributed by atoms with Gasteiger partial charge in [0.1, 0.15) is 5.75 Å². The molecule has 1 N–H and O–H groups in total. The van der Waals surface area contributed by atoms with Crippen molar-refractivity contribution in [1.29, 1.82) is 0 Å². The Morgan fingerprint density at radius 3 is 2.68 bits per heavy atom. The number of halogens is 2. The maximum atomic E-state index is 12.2. The van der Waals surface area contributed by atoms with Gasteiger partial charge in [0, 0.05) is 16.0 Å². The first kappa shape index (κ1) is 18.7. The summed E-state index contributed by atoms with van der Waals surface area (Å²) >= 11 is 13.5. The summed E-state index contributed by atoms with van der Waals surface area (Å²) in [5.41, 5.74) is 1.44. The molecule has 0 aliphatic rings. The summed E-state index contributed by atoms with van der Waals surface area (Å²) in [6.07, 6.45) is 0. The molecule has 0 bridgehead atoms. The van der Waals surface area contributed by atoms with Gasteiger partial charge >= 0.3 is 0 Å². The Bertz CT molecular complexity index is 1160. The van der Waals surface area contributed by atoms with Gasteiger partial charge in [-0.2, -0.15) is 0 Å². The third-order valence-corrected chi connectivity index (χ3v) is 5.35. The Hall–Kier alpha value is -2.60. The first-order chi connectivity index (χ1) is 13.6. The Balaban J connectivity index is 1.39. The second-order valence-corrected chi connectivity index (χ2v) is 7.71. The van der Waals surface area contributed by atoms with Crippen molar-refractivity contribution in [1.82, 2.24) is 4.98 Å². The Labute approximate surface area is 175 Å². The molecule has 4 nitrogen and oxygen atoms in total. The minimum absolute atomic E-state index is 0.102. The van der Waals surface area contributed by atoms with Gasteiger partial charge in [0.25, 0.3) is 5.91 Å². The van der Waals surface area contributed by atoms with Crippen molar-refractivity contribution in [3.8, 4) is 17.0 Å². The second-order valence-electron chi connectivity index (χ2n) is 6.01. The maximum Gasteiger partial charge on any atom is 0.264 e. The molecule has 1 amide bonds. The maximum absolute atomic E-state index is 12.2. The summed E-state index contributed by atoms with van der Waals surface area (Å²) in [6, 6.07) is 18.9. The van der Waals surface area contributed by atoms with Crippen LogP contribution in [-0.4, -0.2) is 17.5 Å². The Morgan fingerprint density at radius 1 is 1.04 bits per heavy atom. The second kappa shape index (κ2) is 8.19. The number of ether oxygens (including phenoxy) is 1. The molecule has 4 rings (SSSR count). The average molecular weight is 429 g/mol. The molecule has 0 aliphatic heterocycles. The summed E-state index contributed by atoms with van der Waals surface area (Å²) in [5.74, 6) is 0.359. The number of aromatic nitrogens is 1. The molecule has 28 heavy (non-hydrogen) atoms. The van der Waals surface area contributed by atoms with Crippen LogP contribution >= 0.6 is 34.5 Å². The molecule has 1 aromatic heterocycles. The molecular formula is C21H14Cl2N2O2S. The van der Waals surface area contributed by atoms with E-state index < -0.39 is 0 Å². The molecule has 0 fully saturated rings. The number of rotatable bonds is 5. The van der Waals surface area contributed by atoms with Gasteiger partial charge in [0.05, 0.1) is 10.7 Å². The number of nitrogens with one attached hydrogen (secondary N) is 1. The normalized spacial score (nSPS) is 10.8. The number of thiazole rings is 1. The molecule has 0 atom stereocenters. The van der Waals surface area contributed by atoms with Crippen molar-refractivity contribution in [2.45, 2.75) is 0 Å². The molecule has 0 saturated heterocycles. The van der Waals surface area contributed by atoms with E-state index in [1.165, 1.54) is 11.3 Å². The van der Waals surface area contributed by atoms with Gasteiger partial charge in [-0.3, -0.25) is 10.1 Å². The minimum atomic E-state index is -0.281. The molecule has 0 aliphatic carbocycles. The number of anilines is 1. The fourth-order valence-corrected chi connectivity index (χ4v) is 3.95. The number of amides is 1. The van der Waals surface area contributed by atoms with E-state index in [-0.39, 0.29) is 12.5 Å². The van der Waals surface area contributed by atoms with Gasteiger partial charge < -0.3 is 4.74 Å². The van der Waals surface area contributed by atoms with E-state index in [1.807, 2.05) is 47.8 Å². The zero-order chi connectivity index (χ0) is 19.5. The number of fused-ring (bicyclic) bond motifs is 1. The van der Waals surface area contributed by atoms with Crippen LogP contribution in [0.25, 0.3) is 22.0 Å². The predicted octanol–water partition coefficient (Wildman–Crippen LogP) is 6.29. The van der Waals surface area contributed by atoms with Gasteiger partial charge in [0.2, 0.25) is 0 Å². The fraction of sp³-hybridized carbons (Fsp3) is 0.0476. The van der Waals surface area contributed by atoms with Crippen molar-refractivity contribution >= 4 is 56.3 Å². The van der Waals surface area contributed by atoms with Crippen molar-refractivity contribution in [3.63, 3.8) is 0 Å². The number of carbonyl (C=O) groups excluding carboxylic acids is 1. The largest absolute Gasteiger partial charge is 0.484 e. The van der Waals surface area contributed by atoms with E-state index in [9.17, 15) is 4.79 Å². The van der Waals surface area contributed by atoms with Crippen molar-refractivity contribution in [2.24, 2.45) is 0 Å². The van der Waals surface area contributed by atoms with E-state index >= 15 is 0 Å². The van der Waals surface area contributed by atoms with Crippen LogP contribution in [0.2, 0.25) is 10.0 Å². The lowest BCUT2D eigenvalue weighted by Gasteiger charge is -2.07. The lowest BCUT2D eigenvalue weighted by atomic mass is 10.1. The van der Waals surface area contributed by atoms with Crippen LogP contribution in [0.5, 0.6) is 5.75 Å². The summed E-state index contributed by atoms with van der Waals surface area (Å²) in [5, 5.41) is 8.30. The van der Waals surface area contributed by atoms with E-state index in [0.717, 1.165) is 16.3 Å². The zero-order valence-electron chi connectivity index (χ0n) is 14.5. The minimum Gasteiger partial charge on any atom is -0.484 e. The van der Waals surface area contributed by atoms with E-state index in [4.69, 9.17) is 27.9 Å². The van der Waals surface area contributed by atoms with Crippen LogP contribution in [0.1, 0.15) is 0 Å². The highest BCUT2D eigenvalue weighted by atomic mass is 35.5. The molecule has 3 aromatic carbocycles. The summed E-state index contributed by atoms with van der Waals surface area (Å²) < 4.78 is 5.60. The van der Waals surface area contributed by atoms with Gasteiger partial charge in [-0.05, 0) is 41.1 Å². The van der Waals surface area contributed by atoms with Crippen molar-refractivity contribution < 1.29 is 9.53 Å². The van der Waals surface area contributed by atoms with Gasteiger partial charge in [-0.1, -0.05) is 53.5 Å². The predicted molar refractivity (Wildman–Crippen MR) is 116 cm³/mol. The van der Waals surface area contributed by atoms with Crippen LogP contribution in [0.4, 0.5) is 5.13 Å². The average Bonchev–Trinajstić information content (AvgIpc) is 3.14. The molecule has 7 heteroatoms. The van der Waals surface area contributed by atoms with Gasteiger partial charge in [0.15, 0.2) is 11.7 Å². The summed E-state index contributed by atoms with van der Waals surface area (Å²) in [4.78, 5) is 16.6. The smallest absolute Gasteiger partial charge is 0.264 e. The molecule has 0 radical (unpaired) electrons. The van der Waals surface area contributed by atoms with Gasteiger partial charge in [-0.25, -0.2) is 4.98 Å². The lowest BCUT2D eigenvalue weighted by molar-refractivity contribution is -0.118. The third-order valence-electron chi connectivity index (χ3n) is 4.05. The van der Waals surface area contributed by atoms with Crippen molar-refractivity contribution in [2.75, 3.05) is 11.9 Å². The number of hydrogen-bond donors (Lipinski definition) is 1. The van der Waals surface area contributed by atoms with E-state index in [0.29, 0.717) is 26.6 Å². The van der Waals surface area contributed by atoms with E-state index in [2.05, 4.69) is 10.3 Å². The summed E-state index contributed by atoms with van der Waals surface area (Å²) in [6.45, 7) is -0.102. The number of benzene rings is 3. The molecule has 0 unspecified atom stereocenters. The van der Waals surface area contributed by atoms with E-state index in [1.54, 1.807) is 18.2 Å². The van der Waals surface area contributed by atoms with Crippen LogP contribution in [0, 0.1) is 0 Å². The fourth-order valence-electron chi connectivity index (χ4n) is 2.71. The first-order valence-electron chi connectivity index (χ1n) is 8.41. The zero-order valence-corrected chi connectivity index (χ0v) is 16.8. The first-order valence-corrected chi connectivity index (χ1v) is 10.0. The summed E-state index contributed by atoms with van der Waals surface area (Å²) in [7, 11) is 0. The number of nitrogens with zero attached hydrogens (tertiary/aromatic N) is 1.